The molecule has 5 heteroatoms. The second kappa shape index (κ2) is 8.16. The average Bonchev–Trinajstić information content (AvgIpc) is 2.66. The number of pyridine rings is 1. The third-order valence-electron chi connectivity index (χ3n) is 3.89. The van der Waals surface area contributed by atoms with E-state index in [-0.39, 0.29) is 5.91 Å². The number of nitrogens with one attached hydrogen (secondary N) is 2. The number of nitrogens with zero attached hydrogens (tertiary/aromatic N) is 1. The van der Waals surface area contributed by atoms with Gasteiger partial charge in [0.1, 0.15) is 11.6 Å². The van der Waals surface area contributed by atoms with E-state index in [0.717, 1.165) is 17.0 Å². The first-order valence-corrected chi connectivity index (χ1v) is 8.35. The molecule has 5 nitrogen and oxygen atoms in total. The minimum Gasteiger partial charge on any atom is -0.497 e. The minimum atomic E-state index is -0.0634. The van der Waals surface area contributed by atoms with E-state index in [2.05, 4.69) is 15.6 Å². The Hall–Kier alpha value is -3.34. The number of hydrogen-bond acceptors (Lipinski definition) is 4. The largest absolute Gasteiger partial charge is 0.497 e. The molecule has 0 saturated heterocycles. The summed E-state index contributed by atoms with van der Waals surface area (Å²) in [4.78, 5) is 16.5. The van der Waals surface area contributed by atoms with Crippen molar-refractivity contribution in [2.75, 3.05) is 17.7 Å². The number of aryl methyl sites for hydroxylation is 1. The fourth-order valence-corrected chi connectivity index (χ4v) is 2.46. The van der Waals surface area contributed by atoms with Gasteiger partial charge in [-0.15, -0.1) is 0 Å². The van der Waals surface area contributed by atoms with Crippen LogP contribution in [-0.4, -0.2) is 18.0 Å². The number of carbonyl (C=O) groups is 1. The van der Waals surface area contributed by atoms with Gasteiger partial charge in [-0.05, 0) is 48.9 Å². The standard InChI is InChI=1S/C21H21N3O2/c1-15-3-5-16(6-4-15)13-21(25)24-18-9-12-20(22-14-18)23-17-7-10-19(26-2)11-8-17/h3-12,14H,13H2,1-2H3,(H,22,23)(H,24,25). The summed E-state index contributed by atoms with van der Waals surface area (Å²) >= 11 is 0. The topological polar surface area (TPSA) is 63.2 Å². The summed E-state index contributed by atoms with van der Waals surface area (Å²) in [5.74, 6) is 1.44. The van der Waals surface area contributed by atoms with Crippen LogP contribution < -0.4 is 15.4 Å². The number of benzene rings is 2. The first-order chi connectivity index (χ1) is 12.6. The Morgan fingerprint density at radius 3 is 2.27 bits per heavy atom. The molecule has 0 fully saturated rings. The van der Waals surface area contributed by atoms with Gasteiger partial charge in [-0.25, -0.2) is 4.98 Å². The second-order valence-electron chi connectivity index (χ2n) is 6.00. The van der Waals surface area contributed by atoms with Crippen LogP contribution in [0.4, 0.5) is 17.2 Å². The number of carbonyl (C=O) groups excluding carboxylic acids is 1. The van der Waals surface area contributed by atoms with Crippen molar-refractivity contribution < 1.29 is 9.53 Å². The van der Waals surface area contributed by atoms with E-state index in [1.807, 2.05) is 67.6 Å². The molecule has 0 aliphatic carbocycles. The van der Waals surface area contributed by atoms with Crippen molar-refractivity contribution in [1.29, 1.82) is 0 Å². The molecule has 0 aliphatic rings. The van der Waals surface area contributed by atoms with Crippen LogP contribution in [0.25, 0.3) is 0 Å². The van der Waals surface area contributed by atoms with E-state index < -0.39 is 0 Å². The minimum absolute atomic E-state index is 0.0634. The summed E-state index contributed by atoms with van der Waals surface area (Å²) < 4.78 is 5.14. The molecule has 1 amide bonds. The van der Waals surface area contributed by atoms with E-state index in [1.54, 1.807) is 13.3 Å². The maximum absolute atomic E-state index is 12.1. The van der Waals surface area contributed by atoms with E-state index in [9.17, 15) is 4.79 Å². The quantitative estimate of drug-likeness (QED) is 0.697. The number of amides is 1. The molecule has 2 N–H and O–H groups in total. The third kappa shape index (κ3) is 4.83. The smallest absolute Gasteiger partial charge is 0.228 e. The zero-order valence-corrected chi connectivity index (χ0v) is 14.8. The van der Waals surface area contributed by atoms with Crippen molar-refractivity contribution in [3.8, 4) is 5.75 Å². The Bertz CT molecular complexity index is 857. The Labute approximate surface area is 153 Å². The molecule has 132 valence electrons. The highest BCUT2D eigenvalue weighted by Gasteiger charge is 2.05. The van der Waals surface area contributed by atoms with Crippen molar-refractivity contribution in [3.63, 3.8) is 0 Å². The number of anilines is 3. The molecule has 0 saturated carbocycles. The van der Waals surface area contributed by atoms with Gasteiger partial charge < -0.3 is 15.4 Å². The average molecular weight is 347 g/mol. The highest BCUT2D eigenvalue weighted by Crippen LogP contribution is 2.19. The van der Waals surface area contributed by atoms with Crippen LogP contribution in [0.1, 0.15) is 11.1 Å². The van der Waals surface area contributed by atoms with Gasteiger partial charge >= 0.3 is 0 Å². The predicted octanol–water partition coefficient (Wildman–Crippen LogP) is 4.32. The van der Waals surface area contributed by atoms with Crippen LogP contribution in [-0.2, 0) is 11.2 Å². The monoisotopic (exact) mass is 347 g/mol. The Balaban J connectivity index is 1.56. The molecule has 3 rings (SSSR count). The van der Waals surface area contributed by atoms with Crippen molar-refractivity contribution in [2.45, 2.75) is 13.3 Å². The molecule has 2 aromatic carbocycles. The lowest BCUT2D eigenvalue weighted by molar-refractivity contribution is -0.115. The highest BCUT2D eigenvalue weighted by atomic mass is 16.5. The molecule has 0 unspecified atom stereocenters. The fraction of sp³-hybridized carbons (Fsp3) is 0.143. The number of rotatable bonds is 6. The van der Waals surface area contributed by atoms with Gasteiger partial charge in [-0.3, -0.25) is 4.79 Å². The summed E-state index contributed by atoms with van der Waals surface area (Å²) in [6.45, 7) is 2.02. The van der Waals surface area contributed by atoms with Crippen molar-refractivity contribution in [2.24, 2.45) is 0 Å². The van der Waals surface area contributed by atoms with Crippen LogP contribution >= 0.6 is 0 Å². The number of aromatic nitrogens is 1. The van der Waals surface area contributed by atoms with Gasteiger partial charge in [-0.1, -0.05) is 29.8 Å². The number of hydrogen-bond donors (Lipinski definition) is 2. The lowest BCUT2D eigenvalue weighted by Crippen LogP contribution is -2.14. The highest BCUT2D eigenvalue weighted by molar-refractivity contribution is 5.92. The molecule has 0 spiro atoms. The van der Waals surface area contributed by atoms with E-state index >= 15 is 0 Å². The van der Waals surface area contributed by atoms with Gasteiger partial charge in [0.15, 0.2) is 0 Å². The lowest BCUT2D eigenvalue weighted by atomic mass is 10.1. The summed E-state index contributed by atoms with van der Waals surface area (Å²) in [5.41, 5.74) is 3.74. The molecular weight excluding hydrogens is 326 g/mol. The summed E-state index contributed by atoms with van der Waals surface area (Å²) in [7, 11) is 1.63. The first kappa shape index (κ1) is 17.5. The van der Waals surface area contributed by atoms with Crippen LogP contribution in [0.3, 0.4) is 0 Å². The Morgan fingerprint density at radius 2 is 1.65 bits per heavy atom. The molecule has 0 atom stereocenters. The number of methoxy groups -OCH3 is 1. The maximum Gasteiger partial charge on any atom is 0.228 e. The molecular formula is C21H21N3O2. The van der Waals surface area contributed by atoms with Crippen molar-refractivity contribution in [3.05, 3.63) is 78.0 Å². The summed E-state index contributed by atoms with van der Waals surface area (Å²) in [6, 6.07) is 19.2. The SMILES string of the molecule is COc1ccc(Nc2ccc(NC(=O)Cc3ccc(C)cc3)cn2)cc1. The maximum atomic E-state index is 12.1. The van der Waals surface area contributed by atoms with Gasteiger partial charge in [0, 0.05) is 5.69 Å². The Morgan fingerprint density at radius 1 is 0.962 bits per heavy atom. The van der Waals surface area contributed by atoms with Crippen LogP contribution in [0.15, 0.2) is 66.9 Å². The normalized spacial score (nSPS) is 10.2. The van der Waals surface area contributed by atoms with Crippen LogP contribution in [0.5, 0.6) is 5.75 Å². The van der Waals surface area contributed by atoms with E-state index in [0.29, 0.717) is 17.9 Å². The van der Waals surface area contributed by atoms with Crippen LogP contribution in [0, 0.1) is 6.92 Å². The zero-order chi connectivity index (χ0) is 18.4. The van der Waals surface area contributed by atoms with Crippen LogP contribution in [0.2, 0.25) is 0 Å². The third-order valence-corrected chi connectivity index (χ3v) is 3.89. The van der Waals surface area contributed by atoms with Gasteiger partial charge in [0.2, 0.25) is 5.91 Å². The van der Waals surface area contributed by atoms with E-state index in [4.69, 9.17) is 4.74 Å². The lowest BCUT2D eigenvalue weighted by Gasteiger charge is -2.09. The molecule has 0 aliphatic heterocycles. The zero-order valence-electron chi connectivity index (χ0n) is 14.8. The summed E-state index contributed by atoms with van der Waals surface area (Å²) in [5, 5.41) is 6.07. The first-order valence-electron chi connectivity index (χ1n) is 8.35. The fourth-order valence-electron chi connectivity index (χ4n) is 2.46. The number of ether oxygens (including phenoxy) is 1. The molecule has 3 aromatic rings. The summed E-state index contributed by atoms with van der Waals surface area (Å²) in [6.07, 6.45) is 1.98. The predicted molar refractivity (Wildman–Crippen MR) is 104 cm³/mol. The molecule has 0 bridgehead atoms. The molecule has 26 heavy (non-hydrogen) atoms. The van der Waals surface area contributed by atoms with E-state index in [1.165, 1.54) is 5.56 Å². The van der Waals surface area contributed by atoms with Gasteiger partial charge in [-0.2, -0.15) is 0 Å². The molecule has 1 heterocycles. The van der Waals surface area contributed by atoms with Crippen molar-refractivity contribution >= 4 is 23.1 Å². The molecule has 0 radical (unpaired) electrons. The molecule has 1 aromatic heterocycles. The van der Waals surface area contributed by atoms with Gasteiger partial charge in [0.25, 0.3) is 0 Å². The van der Waals surface area contributed by atoms with Gasteiger partial charge in [0.05, 0.1) is 25.4 Å². The van der Waals surface area contributed by atoms with Crippen molar-refractivity contribution in [1.82, 2.24) is 4.98 Å². The second-order valence-corrected chi connectivity index (χ2v) is 6.00. The Kier molecular flexibility index (Phi) is 5.49.